The molecule has 1 N–H and O–H groups in total. The lowest BCUT2D eigenvalue weighted by Crippen LogP contribution is -2.13. The van der Waals surface area contributed by atoms with E-state index in [1.165, 1.54) is 11.1 Å². The number of hydrogen-bond acceptors (Lipinski definition) is 2. The molecule has 0 aromatic heterocycles. The van der Waals surface area contributed by atoms with E-state index in [1.807, 2.05) is 6.92 Å². The van der Waals surface area contributed by atoms with E-state index in [9.17, 15) is 9.59 Å². The molecule has 1 amide bonds. The Labute approximate surface area is 107 Å². The highest BCUT2D eigenvalue weighted by molar-refractivity contribution is 6.52. The van der Waals surface area contributed by atoms with Gasteiger partial charge in [-0.1, -0.05) is 26.8 Å². The highest BCUT2D eigenvalue weighted by atomic mass is 16.2. The number of anilines is 1. The molecular formula is C15H17NO2. The molecule has 94 valence electrons. The molecule has 1 aliphatic carbocycles. The van der Waals surface area contributed by atoms with Crippen LogP contribution in [0.5, 0.6) is 0 Å². The second-order valence-corrected chi connectivity index (χ2v) is 5.46. The largest absolute Gasteiger partial charge is 0.318 e. The fraction of sp³-hybridized carbons (Fsp3) is 0.467. The minimum atomic E-state index is -0.472. The third-order valence-electron chi connectivity index (χ3n) is 4.26. The van der Waals surface area contributed by atoms with Crippen molar-refractivity contribution < 1.29 is 9.59 Å². The molecular weight excluding hydrogens is 226 g/mol. The lowest BCUT2D eigenvalue weighted by atomic mass is 9.91. The van der Waals surface area contributed by atoms with E-state index in [1.54, 1.807) is 0 Å². The average molecular weight is 243 g/mol. The van der Waals surface area contributed by atoms with E-state index in [0.717, 1.165) is 24.1 Å². The number of fused-ring (bicyclic) bond motifs is 3. The Bertz CT molecular complexity index is 574. The summed E-state index contributed by atoms with van der Waals surface area (Å²) >= 11 is 0. The number of amides is 1. The molecule has 2 aliphatic rings. The average Bonchev–Trinajstić information content (AvgIpc) is 2.78. The van der Waals surface area contributed by atoms with Crippen LogP contribution in [0.15, 0.2) is 6.07 Å². The number of hydrogen-bond donors (Lipinski definition) is 1. The van der Waals surface area contributed by atoms with Crippen LogP contribution in [0.3, 0.4) is 0 Å². The van der Waals surface area contributed by atoms with Crippen LogP contribution >= 0.6 is 0 Å². The standard InChI is InChI=1S/C15H17NO2/c1-4-9-6-10-7(2)5-8(3)11(10)13-12(9)14(17)15(18)16-13/h6-8H,4-5H2,1-3H3,(H,16,17,18)/t7-,8+/m1/s1. The maximum Gasteiger partial charge on any atom is 0.296 e. The molecule has 1 heterocycles. The van der Waals surface area contributed by atoms with Gasteiger partial charge in [0.25, 0.3) is 11.7 Å². The minimum Gasteiger partial charge on any atom is -0.318 e. The van der Waals surface area contributed by atoms with Gasteiger partial charge in [-0.15, -0.1) is 0 Å². The Morgan fingerprint density at radius 1 is 1.28 bits per heavy atom. The van der Waals surface area contributed by atoms with Gasteiger partial charge in [-0.25, -0.2) is 0 Å². The first-order valence-corrected chi connectivity index (χ1v) is 6.59. The van der Waals surface area contributed by atoms with E-state index < -0.39 is 5.91 Å². The van der Waals surface area contributed by atoms with Crippen LogP contribution < -0.4 is 5.32 Å². The SMILES string of the molecule is CCc1cc2c(c3c1C(=O)C(=O)N3)[C@@H](C)C[C@H]2C. The first-order chi connectivity index (χ1) is 8.54. The zero-order chi connectivity index (χ0) is 13.0. The first kappa shape index (κ1) is 11.5. The van der Waals surface area contributed by atoms with Gasteiger partial charge < -0.3 is 5.32 Å². The summed E-state index contributed by atoms with van der Waals surface area (Å²) in [5.41, 5.74) is 4.94. The maximum absolute atomic E-state index is 12.0. The van der Waals surface area contributed by atoms with Gasteiger partial charge in [-0.3, -0.25) is 9.59 Å². The molecule has 2 atom stereocenters. The Kier molecular flexibility index (Phi) is 2.34. The van der Waals surface area contributed by atoms with Crippen LogP contribution in [0, 0.1) is 0 Å². The quantitative estimate of drug-likeness (QED) is 0.771. The molecule has 0 bridgehead atoms. The fourth-order valence-corrected chi connectivity index (χ4v) is 3.44. The molecule has 1 aliphatic heterocycles. The van der Waals surface area contributed by atoms with E-state index in [2.05, 4.69) is 25.2 Å². The van der Waals surface area contributed by atoms with Crippen LogP contribution in [0.4, 0.5) is 5.69 Å². The zero-order valence-corrected chi connectivity index (χ0v) is 11.0. The predicted molar refractivity (Wildman–Crippen MR) is 70.2 cm³/mol. The lowest BCUT2D eigenvalue weighted by Gasteiger charge is -2.14. The number of carbonyl (C=O) groups excluding carboxylic acids is 2. The molecule has 0 fully saturated rings. The van der Waals surface area contributed by atoms with Gasteiger partial charge in [0.05, 0.1) is 11.3 Å². The number of carbonyl (C=O) groups is 2. The van der Waals surface area contributed by atoms with Crippen LogP contribution in [-0.4, -0.2) is 11.7 Å². The van der Waals surface area contributed by atoms with Gasteiger partial charge in [0.2, 0.25) is 0 Å². The van der Waals surface area contributed by atoms with Crippen molar-refractivity contribution in [2.24, 2.45) is 0 Å². The Morgan fingerprint density at radius 2 is 2.00 bits per heavy atom. The summed E-state index contributed by atoms with van der Waals surface area (Å²) in [5.74, 6) is 0.0929. The van der Waals surface area contributed by atoms with E-state index in [4.69, 9.17) is 0 Å². The summed E-state index contributed by atoms with van der Waals surface area (Å²) in [4.78, 5) is 23.6. The van der Waals surface area contributed by atoms with Crippen molar-refractivity contribution in [1.29, 1.82) is 0 Å². The van der Waals surface area contributed by atoms with Crippen LogP contribution in [0.2, 0.25) is 0 Å². The summed E-state index contributed by atoms with van der Waals surface area (Å²) in [5, 5.41) is 2.78. The maximum atomic E-state index is 12.0. The molecule has 0 unspecified atom stereocenters. The number of Topliss-reactive ketones (excluding diaryl/α,β-unsaturated/α-hetero) is 1. The smallest absolute Gasteiger partial charge is 0.296 e. The van der Waals surface area contributed by atoms with Crippen LogP contribution in [0.25, 0.3) is 0 Å². The highest BCUT2D eigenvalue weighted by Gasteiger charge is 2.38. The summed E-state index contributed by atoms with van der Waals surface area (Å²) < 4.78 is 0. The monoisotopic (exact) mass is 243 g/mol. The molecule has 3 nitrogen and oxygen atoms in total. The van der Waals surface area contributed by atoms with Crippen molar-refractivity contribution >= 4 is 17.4 Å². The van der Waals surface area contributed by atoms with Crippen molar-refractivity contribution in [3.63, 3.8) is 0 Å². The molecule has 0 saturated carbocycles. The number of aryl methyl sites for hydroxylation is 1. The molecule has 18 heavy (non-hydrogen) atoms. The van der Waals surface area contributed by atoms with Gasteiger partial charge in [-0.2, -0.15) is 0 Å². The van der Waals surface area contributed by atoms with Gasteiger partial charge in [0, 0.05) is 0 Å². The Morgan fingerprint density at radius 3 is 2.67 bits per heavy atom. The topological polar surface area (TPSA) is 46.2 Å². The van der Waals surface area contributed by atoms with Crippen molar-refractivity contribution in [3.8, 4) is 0 Å². The summed E-state index contributed by atoms with van der Waals surface area (Å²) in [6, 6.07) is 2.14. The van der Waals surface area contributed by atoms with E-state index in [-0.39, 0.29) is 5.78 Å². The van der Waals surface area contributed by atoms with Crippen LogP contribution in [-0.2, 0) is 11.2 Å². The summed E-state index contributed by atoms with van der Waals surface area (Å²) in [6.45, 7) is 6.41. The Hall–Kier alpha value is -1.64. The van der Waals surface area contributed by atoms with Crippen molar-refractivity contribution in [2.75, 3.05) is 5.32 Å². The fourth-order valence-electron chi connectivity index (χ4n) is 3.44. The first-order valence-electron chi connectivity index (χ1n) is 6.59. The number of ketones is 1. The normalized spacial score (nSPS) is 25.1. The predicted octanol–water partition coefficient (Wildman–Crippen LogP) is 2.99. The second kappa shape index (κ2) is 3.67. The molecule has 3 heteroatoms. The lowest BCUT2D eigenvalue weighted by molar-refractivity contribution is -0.112. The third kappa shape index (κ3) is 1.30. The van der Waals surface area contributed by atoms with Crippen molar-refractivity contribution in [2.45, 2.75) is 45.4 Å². The highest BCUT2D eigenvalue weighted by Crippen LogP contribution is 2.48. The molecule has 3 rings (SSSR count). The van der Waals surface area contributed by atoms with Gasteiger partial charge >= 0.3 is 0 Å². The third-order valence-corrected chi connectivity index (χ3v) is 4.26. The number of benzene rings is 1. The molecule has 0 spiro atoms. The van der Waals surface area contributed by atoms with Crippen LogP contribution in [0.1, 0.15) is 66.1 Å². The second-order valence-electron chi connectivity index (χ2n) is 5.46. The minimum absolute atomic E-state index is 0.364. The molecule has 1 aromatic carbocycles. The zero-order valence-electron chi connectivity index (χ0n) is 11.0. The molecule has 0 radical (unpaired) electrons. The van der Waals surface area contributed by atoms with Gasteiger partial charge in [0.15, 0.2) is 0 Å². The van der Waals surface area contributed by atoms with Gasteiger partial charge in [-0.05, 0) is 41.4 Å². The van der Waals surface area contributed by atoms with Crippen molar-refractivity contribution in [3.05, 3.63) is 28.3 Å². The number of nitrogens with one attached hydrogen (secondary N) is 1. The molecule has 0 saturated heterocycles. The summed E-state index contributed by atoms with van der Waals surface area (Å²) in [7, 11) is 0. The van der Waals surface area contributed by atoms with E-state index in [0.29, 0.717) is 17.4 Å². The van der Waals surface area contributed by atoms with Gasteiger partial charge in [0.1, 0.15) is 0 Å². The number of rotatable bonds is 1. The van der Waals surface area contributed by atoms with E-state index >= 15 is 0 Å². The van der Waals surface area contributed by atoms with Crippen molar-refractivity contribution in [1.82, 2.24) is 0 Å². The molecule has 1 aromatic rings. The summed E-state index contributed by atoms with van der Waals surface area (Å²) in [6.07, 6.45) is 1.89. The Balaban J connectivity index is 2.32.